The van der Waals surface area contributed by atoms with Gasteiger partial charge in [-0.15, -0.1) is 5.10 Å². The maximum atomic E-state index is 4.38. The number of hydrogen-bond donors (Lipinski definition) is 1. The Morgan fingerprint density at radius 3 is 2.76 bits per heavy atom. The zero-order valence-electron chi connectivity index (χ0n) is 12.0. The Labute approximate surface area is 122 Å². The molecule has 21 heavy (non-hydrogen) atoms. The molecule has 3 rings (SSSR count). The van der Waals surface area contributed by atoms with E-state index >= 15 is 0 Å². The molecule has 2 aromatic heterocycles. The van der Waals surface area contributed by atoms with Crippen LogP contribution in [0.1, 0.15) is 16.8 Å². The third kappa shape index (κ3) is 3.05. The molecule has 1 N–H and O–H groups in total. The molecule has 0 amide bonds. The van der Waals surface area contributed by atoms with Gasteiger partial charge in [0.1, 0.15) is 6.33 Å². The van der Waals surface area contributed by atoms with Crippen molar-refractivity contribution in [1.82, 2.24) is 25.2 Å². The number of tetrazole rings is 1. The van der Waals surface area contributed by atoms with Gasteiger partial charge in [0.15, 0.2) is 0 Å². The number of anilines is 1. The van der Waals surface area contributed by atoms with Crippen molar-refractivity contribution < 1.29 is 0 Å². The molecule has 0 bridgehead atoms. The highest BCUT2D eigenvalue weighted by molar-refractivity contribution is 5.54. The third-order valence-corrected chi connectivity index (χ3v) is 3.25. The second-order valence-corrected chi connectivity index (χ2v) is 4.94. The van der Waals surface area contributed by atoms with E-state index in [1.807, 2.05) is 44.3 Å². The molecule has 0 radical (unpaired) electrons. The van der Waals surface area contributed by atoms with Crippen molar-refractivity contribution in [3.63, 3.8) is 0 Å². The molecule has 0 aliphatic carbocycles. The van der Waals surface area contributed by atoms with Gasteiger partial charge in [0.25, 0.3) is 0 Å². The summed E-state index contributed by atoms with van der Waals surface area (Å²) in [4.78, 5) is 4.38. The second-order valence-electron chi connectivity index (χ2n) is 4.94. The molecule has 6 nitrogen and oxygen atoms in total. The van der Waals surface area contributed by atoms with Crippen LogP contribution in [0.25, 0.3) is 5.69 Å². The summed E-state index contributed by atoms with van der Waals surface area (Å²) < 4.78 is 1.66. The first-order valence-corrected chi connectivity index (χ1v) is 6.72. The van der Waals surface area contributed by atoms with E-state index in [2.05, 4.69) is 31.9 Å². The van der Waals surface area contributed by atoms with Crippen LogP contribution in [0.15, 0.2) is 42.9 Å². The molecule has 0 atom stereocenters. The number of rotatable bonds is 4. The average Bonchev–Trinajstić information content (AvgIpc) is 3.02. The Morgan fingerprint density at radius 1 is 1.14 bits per heavy atom. The average molecular weight is 280 g/mol. The SMILES string of the molecule is Cc1ccc(CNc2ccc(C)c(-n3cnnn3)c2)nc1. The summed E-state index contributed by atoms with van der Waals surface area (Å²) in [6, 6.07) is 10.2. The van der Waals surface area contributed by atoms with Gasteiger partial charge in [-0.05, 0) is 53.6 Å². The van der Waals surface area contributed by atoms with E-state index in [0.29, 0.717) is 6.54 Å². The van der Waals surface area contributed by atoms with Crippen molar-refractivity contribution in [3.8, 4) is 5.69 Å². The summed E-state index contributed by atoms with van der Waals surface area (Å²) in [6.07, 6.45) is 3.46. The predicted octanol–water partition coefficient (Wildman–Crippen LogP) is 2.29. The number of benzene rings is 1. The van der Waals surface area contributed by atoms with Gasteiger partial charge in [-0.25, -0.2) is 4.68 Å². The molecular formula is C15H16N6. The highest BCUT2D eigenvalue weighted by Crippen LogP contribution is 2.18. The van der Waals surface area contributed by atoms with Crippen LogP contribution >= 0.6 is 0 Å². The van der Waals surface area contributed by atoms with Gasteiger partial charge < -0.3 is 5.32 Å². The van der Waals surface area contributed by atoms with Crippen molar-refractivity contribution >= 4 is 5.69 Å². The van der Waals surface area contributed by atoms with Gasteiger partial charge >= 0.3 is 0 Å². The molecule has 1 aromatic carbocycles. The fraction of sp³-hybridized carbons (Fsp3) is 0.200. The zero-order chi connectivity index (χ0) is 14.7. The zero-order valence-corrected chi connectivity index (χ0v) is 12.0. The highest BCUT2D eigenvalue weighted by Gasteiger charge is 2.04. The van der Waals surface area contributed by atoms with E-state index < -0.39 is 0 Å². The summed E-state index contributed by atoms with van der Waals surface area (Å²) in [5, 5.41) is 14.6. The largest absolute Gasteiger partial charge is 0.379 e. The number of aromatic nitrogens is 5. The Bertz CT molecular complexity index is 718. The summed E-state index contributed by atoms with van der Waals surface area (Å²) in [5.74, 6) is 0. The van der Waals surface area contributed by atoms with Gasteiger partial charge in [0.05, 0.1) is 17.9 Å². The Kier molecular flexibility index (Phi) is 3.59. The molecule has 0 saturated heterocycles. The minimum absolute atomic E-state index is 0.679. The van der Waals surface area contributed by atoms with Crippen LogP contribution in [0.2, 0.25) is 0 Å². The summed E-state index contributed by atoms with van der Waals surface area (Å²) in [5.41, 5.74) is 5.25. The van der Waals surface area contributed by atoms with Crippen LogP contribution in [-0.2, 0) is 6.54 Å². The van der Waals surface area contributed by atoms with Crippen molar-refractivity contribution in [3.05, 3.63) is 59.7 Å². The molecule has 106 valence electrons. The molecule has 0 spiro atoms. The Balaban J connectivity index is 1.77. The van der Waals surface area contributed by atoms with E-state index in [4.69, 9.17) is 0 Å². The molecular weight excluding hydrogens is 264 g/mol. The monoisotopic (exact) mass is 280 g/mol. The molecule has 2 heterocycles. The summed E-state index contributed by atoms with van der Waals surface area (Å²) in [6.45, 7) is 4.74. The third-order valence-electron chi connectivity index (χ3n) is 3.25. The maximum Gasteiger partial charge on any atom is 0.143 e. The normalized spacial score (nSPS) is 10.6. The van der Waals surface area contributed by atoms with Gasteiger partial charge in [-0.1, -0.05) is 12.1 Å². The lowest BCUT2D eigenvalue weighted by atomic mass is 10.2. The predicted molar refractivity (Wildman–Crippen MR) is 80.2 cm³/mol. The smallest absolute Gasteiger partial charge is 0.143 e. The number of nitrogens with one attached hydrogen (secondary N) is 1. The molecule has 0 unspecified atom stereocenters. The first-order chi connectivity index (χ1) is 10.2. The lowest BCUT2D eigenvalue weighted by Gasteiger charge is -2.10. The summed E-state index contributed by atoms with van der Waals surface area (Å²) in [7, 11) is 0. The van der Waals surface area contributed by atoms with Crippen LogP contribution in [0.5, 0.6) is 0 Å². The van der Waals surface area contributed by atoms with E-state index in [9.17, 15) is 0 Å². The lowest BCUT2D eigenvalue weighted by Crippen LogP contribution is -2.04. The van der Waals surface area contributed by atoms with Crippen LogP contribution < -0.4 is 5.32 Å². The highest BCUT2D eigenvalue weighted by atomic mass is 15.5. The Hall–Kier alpha value is -2.76. The number of aryl methyl sites for hydroxylation is 2. The number of pyridine rings is 1. The van der Waals surface area contributed by atoms with Crippen molar-refractivity contribution in [2.45, 2.75) is 20.4 Å². The van der Waals surface area contributed by atoms with Crippen LogP contribution in [-0.4, -0.2) is 25.2 Å². The number of hydrogen-bond acceptors (Lipinski definition) is 5. The van der Waals surface area contributed by atoms with E-state index in [1.54, 1.807) is 11.0 Å². The first-order valence-electron chi connectivity index (χ1n) is 6.72. The minimum Gasteiger partial charge on any atom is -0.379 e. The quantitative estimate of drug-likeness (QED) is 0.794. The maximum absolute atomic E-state index is 4.38. The van der Waals surface area contributed by atoms with E-state index in [1.165, 1.54) is 0 Å². The molecule has 0 aliphatic rings. The molecule has 0 aliphatic heterocycles. The van der Waals surface area contributed by atoms with Gasteiger partial charge in [-0.3, -0.25) is 4.98 Å². The molecule has 3 aromatic rings. The van der Waals surface area contributed by atoms with Gasteiger partial charge in [-0.2, -0.15) is 0 Å². The standard InChI is InChI=1S/C15H16N6/c1-11-3-5-14(16-8-11)9-17-13-6-4-12(2)15(7-13)21-10-18-19-20-21/h3-8,10,17H,9H2,1-2H3. The number of nitrogens with zero attached hydrogens (tertiary/aromatic N) is 5. The van der Waals surface area contributed by atoms with Crippen LogP contribution in [0.4, 0.5) is 5.69 Å². The van der Waals surface area contributed by atoms with Crippen molar-refractivity contribution in [2.24, 2.45) is 0 Å². The van der Waals surface area contributed by atoms with Gasteiger partial charge in [0.2, 0.25) is 0 Å². The minimum atomic E-state index is 0.679. The van der Waals surface area contributed by atoms with Crippen LogP contribution in [0, 0.1) is 13.8 Å². The Morgan fingerprint density at radius 2 is 2.05 bits per heavy atom. The van der Waals surface area contributed by atoms with E-state index in [0.717, 1.165) is 28.2 Å². The molecule has 0 saturated carbocycles. The van der Waals surface area contributed by atoms with E-state index in [-0.39, 0.29) is 0 Å². The first kappa shape index (κ1) is 13.2. The van der Waals surface area contributed by atoms with Crippen LogP contribution in [0.3, 0.4) is 0 Å². The molecule has 0 fully saturated rings. The topological polar surface area (TPSA) is 68.5 Å². The second kappa shape index (κ2) is 5.70. The fourth-order valence-corrected chi connectivity index (χ4v) is 2.03. The van der Waals surface area contributed by atoms with Crippen molar-refractivity contribution in [1.29, 1.82) is 0 Å². The van der Waals surface area contributed by atoms with Gasteiger partial charge in [0, 0.05) is 11.9 Å². The fourth-order valence-electron chi connectivity index (χ4n) is 2.03. The van der Waals surface area contributed by atoms with Crippen molar-refractivity contribution in [2.75, 3.05) is 5.32 Å². The molecule has 6 heteroatoms. The lowest BCUT2D eigenvalue weighted by molar-refractivity contribution is 0.785. The summed E-state index contributed by atoms with van der Waals surface area (Å²) >= 11 is 0.